The number of aliphatic carboxylic acids is 1. The standard InChI is InChI=1S/C19H26N2O4/c1-3-13(2)18(23)21-11-7-10-15(12-21)17(22)20-16(19(24)25)14-8-5-4-6-9-14/h4-6,8-9,13,15-16H,3,7,10-12H2,1-2H3,(H,20,22)(H,24,25)/t13?,15?,16-/m1/s1. The average molecular weight is 346 g/mol. The molecular formula is C19H26N2O4. The summed E-state index contributed by atoms with van der Waals surface area (Å²) < 4.78 is 0. The minimum atomic E-state index is -1.09. The summed E-state index contributed by atoms with van der Waals surface area (Å²) in [5.74, 6) is -1.76. The van der Waals surface area contributed by atoms with Gasteiger partial charge in [-0.1, -0.05) is 44.2 Å². The third kappa shape index (κ3) is 4.81. The van der Waals surface area contributed by atoms with Crippen molar-refractivity contribution in [3.8, 4) is 0 Å². The minimum absolute atomic E-state index is 0.0575. The Hall–Kier alpha value is -2.37. The Bertz CT molecular complexity index is 617. The molecule has 6 heteroatoms. The Balaban J connectivity index is 2.03. The molecule has 1 aromatic rings. The number of carbonyl (C=O) groups excluding carboxylic acids is 2. The quantitative estimate of drug-likeness (QED) is 0.827. The van der Waals surface area contributed by atoms with Crippen LogP contribution in [0.15, 0.2) is 30.3 Å². The number of piperidine rings is 1. The molecule has 25 heavy (non-hydrogen) atoms. The average Bonchev–Trinajstić information content (AvgIpc) is 2.65. The molecule has 2 rings (SSSR count). The van der Waals surface area contributed by atoms with Gasteiger partial charge in [0.15, 0.2) is 6.04 Å². The van der Waals surface area contributed by atoms with Crippen LogP contribution in [0.4, 0.5) is 0 Å². The Labute approximate surface area is 148 Å². The number of carbonyl (C=O) groups is 3. The summed E-state index contributed by atoms with van der Waals surface area (Å²) in [6.45, 7) is 4.88. The van der Waals surface area contributed by atoms with E-state index < -0.39 is 12.0 Å². The molecule has 1 fully saturated rings. The fraction of sp³-hybridized carbons (Fsp3) is 0.526. The van der Waals surface area contributed by atoms with Gasteiger partial charge in [-0.15, -0.1) is 0 Å². The molecule has 1 saturated heterocycles. The van der Waals surface area contributed by atoms with Crippen LogP contribution in [0.3, 0.4) is 0 Å². The first kappa shape index (κ1) is 19.0. The molecular weight excluding hydrogens is 320 g/mol. The fourth-order valence-corrected chi connectivity index (χ4v) is 3.07. The molecule has 3 atom stereocenters. The lowest BCUT2D eigenvalue weighted by Crippen LogP contribution is -2.48. The molecule has 2 N–H and O–H groups in total. The van der Waals surface area contributed by atoms with Gasteiger partial charge >= 0.3 is 5.97 Å². The third-order valence-corrected chi connectivity index (χ3v) is 4.80. The van der Waals surface area contributed by atoms with Crippen LogP contribution in [0.5, 0.6) is 0 Å². The monoisotopic (exact) mass is 346 g/mol. The van der Waals surface area contributed by atoms with Gasteiger partial charge in [-0.05, 0) is 24.8 Å². The molecule has 2 unspecified atom stereocenters. The van der Waals surface area contributed by atoms with Gasteiger partial charge in [0.05, 0.1) is 5.92 Å². The van der Waals surface area contributed by atoms with Gasteiger partial charge in [0.2, 0.25) is 11.8 Å². The van der Waals surface area contributed by atoms with Crippen molar-refractivity contribution < 1.29 is 19.5 Å². The second-order valence-electron chi connectivity index (χ2n) is 6.62. The van der Waals surface area contributed by atoms with Gasteiger partial charge in [0.1, 0.15) is 0 Å². The Kier molecular flexibility index (Phi) is 6.56. The van der Waals surface area contributed by atoms with E-state index in [4.69, 9.17) is 0 Å². The first-order valence-electron chi connectivity index (χ1n) is 8.81. The normalized spacial score (nSPS) is 19.8. The second kappa shape index (κ2) is 8.65. The summed E-state index contributed by atoms with van der Waals surface area (Å²) in [5.41, 5.74) is 0.534. The van der Waals surface area contributed by atoms with Crippen molar-refractivity contribution in [2.45, 2.75) is 39.2 Å². The van der Waals surface area contributed by atoms with Crippen molar-refractivity contribution in [1.82, 2.24) is 10.2 Å². The SMILES string of the molecule is CCC(C)C(=O)N1CCCC(C(=O)N[C@@H](C(=O)O)c2ccccc2)C1. The lowest BCUT2D eigenvalue weighted by Gasteiger charge is -2.34. The van der Waals surface area contributed by atoms with Gasteiger partial charge in [-0.3, -0.25) is 9.59 Å². The largest absolute Gasteiger partial charge is 0.479 e. The lowest BCUT2D eigenvalue weighted by molar-refractivity contribution is -0.144. The molecule has 136 valence electrons. The van der Waals surface area contributed by atoms with Crippen LogP contribution >= 0.6 is 0 Å². The highest BCUT2D eigenvalue weighted by Crippen LogP contribution is 2.21. The lowest BCUT2D eigenvalue weighted by atomic mass is 9.94. The van der Waals surface area contributed by atoms with Crippen LogP contribution in [0.25, 0.3) is 0 Å². The molecule has 1 aliphatic heterocycles. The zero-order valence-electron chi connectivity index (χ0n) is 14.8. The van der Waals surface area contributed by atoms with E-state index in [1.807, 2.05) is 13.8 Å². The van der Waals surface area contributed by atoms with Gasteiger partial charge in [0.25, 0.3) is 0 Å². The van der Waals surface area contributed by atoms with E-state index in [0.29, 0.717) is 25.1 Å². The number of carboxylic acids is 1. The van der Waals surface area contributed by atoms with Crippen LogP contribution < -0.4 is 5.32 Å². The number of carboxylic acid groups (broad SMARTS) is 1. The summed E-state index contributed by atoms with van der Waals surface area (Å²) in [5, 5.41) is 12.1. The van der Waals surface area contributed by atoms with E-state index in [0.717, 1.165) is 12.8 Å². The minimum Gasteiger partial charge on any atom is -0.479 e. The third-order valence-electron chi connectivity index (χ3n) is 4.80. The number of likely N-dealkylation sites (tertiary alicyclic amines) is 1. The van der Waals surface area contributed by atoms with Gasteiger partial charge in [-0.25, -0.2) is 4.79 Å². The van der Waals surface area contributed by atoms with Crippen molar-refractivity contribution in [2.24, 2.45) is 11.8 Å². The zero-order valence-corrected chi connectivity index (χ0v) is 14.8. The Morgan fingerprint density at radius 2 is 1.96 bits per heavy atom. The number of amides is 2. The number of benzene rings is 1. The molecule has 0 aliphatic carbocycles. The topological polar surface area (TPSA) is 86.7 Å². The van der Waals surface area contributed by atoms with E-state index in [1.165, 1.54) is 0 Å². The predicted octanol–water partition coefficient (Wildman–Crippen LogP) is 2.21. The number of hydrogen-bond acceptors (Lipinski definition) is 3. The van der Waals surface area contributed by atoms with Gasteiger partial charge in [-0.2, -0.15) is 0 Å². The molecule has 1 aromatic carbocycles. The van der Waals surface area contributed by atoms with Gasteiger partial charge in [0, 0.05) is 19.0 Å². The van der Waals surface area contributed by atoms with Gasteiger partial charge < -0.3 is 15.3 Å². The molecule has 0 spiro atoms. The smallest absolute Gasteiger partial charge is 0.330 e. The molecule has 0 aromatic heterocycles. The van der Waals surface area contributed by atoms with E-state index in [1.54, 1.807) is 35.2 Å². The predicted molar refractivity (Wildman–Crippen MR) is 93.7 cm³/mol. The van der Waals surface area contributed by atoms with Crippen molar-refractivity contribution in [2.75, 3.05) is 13.1 Å². The van der Waals surface area contributed by atoms with E-state index in [-0.39, 0.29) is 23.7 Å². The maximum atomic E-state index is 12.6. The maximum Gasteiger partial charge on any atom is 0.330 e. The van der Waals surface area contributed by atoms with E-state index in [2.05, 4.69) is 5.32 Å². The van der Waals surface area contributed by atoms with Crippen LogP contribution in [0.1, 0.15) is 44.7 Å². The summed E-state index contributed by atoms with van der Waals surface area (Å²) in [6.07, 6.45) is 2.18. The van der Waals surface area contributed by atoms with Crippen molar-refractivity contribution >= 4 is 17.8 Å². The molecule has 1 heterocycles. The Morgan fingerprint density at radius 1 is 1.28 bits per heavy atom. The maximum absolute atomic E-state index is 12.6. The second-order valence-corrected chi connectivity index (χ2v) is 6.62. The zero-order chi connectivity index (χ0) is 18.4. The summed E-state index contributed by atoms with van der Waals surface area (Å²) in [4.78, 5) is 38.2. The summed E-state index contributed by atoms with van der Waals surface area (Å²) >= 11 is 0. The summed E-state index contributed by atoms with van der Waals surface area (Å²) in [6, 6.07) is 7.56. The van der Waals surface area contributed by atoms with Crippen LogP contribution in [-0.2, 0) is 14.4 Å². The van der Waals surface area contributed by atoms with Crippen LogP contribution in [-0.4, -0.2) is 40.9 Å². The van der Waals surface area contributed by atoms with Crippen LogP contribution in [0, 0.1) is 11.8 Å². The van der Waals surface area contributed by atoms with Crippen LogP contribution in [0.2, 0.25) is 0 Å². The number of hydrogen-bond donors (Lipinski definition) is 2. The molecule has 0 saturated carbocycles. The molecule has 0 radical (unpaired) electrons. The first-order valence-corrected chi connectivity index (χ1v) is 8.81. The highest BCUT2D eigenvalue weighted by molar-refractivity contribution is 5.86. The molecule has 0 bridgehead atoms. The summed E-state index contributed by atoms with van der Waals surface area (Å²) in [7, 11) is 0. The highest BCUT2D eigenvalue weighted by atomic mass is 16.4. The Morgan fingerprint density at radius 3 is 2.56 bits per heavy atom. The number of nitrogens with zero attached hydrogens (tertiary/aromatic N) is 1. The van der Waals surface area contributed by atoms with Crippen molar-refractivity contribution in [3.63, 3.8) is 0 Å². The molecule has 1 aliphatic rings. The van der Waals surface area contributed by atoms with E-state index in [9.17, 15) is 19.5 Å². The number of rotatable bonds is 6. The first-order chi connectivity index (χ1) is 11.9. The highest BCUT2D eigenvalue weighted by Gasteiger charge is 2.32. The number of nitrogens with one attached hydrogen (secondary N) is 1. The van der Waals surface area contributed by atoms with Crippen molar-refractivity contribution in [3.05, 3.63) is 35.9 Å². The molecule has 2 amide bonds. The fourth-order valence-electron chi connectivity index (χ4n) is 3.07. The molecule has 6 nitrogen and oxygen atoms in total. The van der Waals surface area contributed by atoms with Crippen molar-refractivity contribution in [1.29, 1.82) is 0 Å². The van der Waals surface area contributed by atoms with E-state index >= 15 is 0 Å².